The zero-order valence-electron chi connectivity index (χ0n) is 16.9. The summed E-state index contributed by atoms with van der Waals surface area (Å²) in [6.07, 6.45) is 8.32. The normalized spacial score (nSPS) is 14.2. The summed E-state index contributed by atoms with van der Waals surface area (Å²) in [5.74, 6) is 0. The smallest absolute Gasteiger partial charge is 0.290 e. The predicted octanol–water partition coefficient (Wildman–Crippen LogP) is 2.84. The van der Waals surface area contributed by atoms with Crippen LogP contribution in [0.4, 0.5) is 0 Å². The molecule has 4 heterocycles. The molecule has 0 spiro atoms. The average molecular weight is 439 g/mol. The predicted molar refractivity (Wildman–Crippen MR) is 119 cm³/mol. The first kappa shape index (κ1) is 20.8. The van der Waals surface area contributed by atoms with Crippen LogP contribution in [0.25, 0.3) is 27.5 Å². The fourth-order valence-corrected chi connectivity index (χ4v) is 5.26. The van der Waals surface area contributed by atoms with Crippen molar-refractivity contribution < 1.29 is 18.3 Å². The molecule has 9 heteroatoms. The van der Waals surface area contributed by atoms with Crippen LogP contribution in [-0.2, 0) is 21.9 Å². The van der Waals surface area contributed by atoms with E-state index < -0.39 is 10.0 Å². The van der Waals surface area contributed by atoms with Crippen molar-refractivity contribution >= 4 is 44.0 Å². The van der Waals surface area contributed by atoms with Crippen molar-refractivity contribution in [3.05, 3.63) is 66.6 Å². The summed E-state index contributed by atoms with van der Waals surface area (Å²) in [6, 6.07) is 10.8. The van der Waals surface area contributed by atoms with E-state index in [1.807, 2.05) is 36.0 Å². The summed E-state index contributed by atoms with van der Waals surface area (Å²) in [5, 5.41) is 11.1. The van der Waals surface area contributed by atoms with Gasteiger partial charge in [-0.3, -0.25) is 9.78 Å². The lowest BCUT2D eigenvalue weighted by molar-refractivity contribution is -0.122. The van der Waals surface area contributed by atoms with Crippen molar-refractivity contribution in [1.29, 1.82) is 0 Å². The number of rotatable bonds is 3. The zero-order valence-corrected chi connectivity index (χ0v) is 17.7. The molecule has 0 amide bonds. The lowest BCUT2D eigenvalue weighted by Gasteiger charge is -2.12. The number of aryl methyl sites for hydroxylation is 1. The average Bonchev–Trinajstić information content (AvgIpc) is 3.36. The highest BCUT2D eigenvalue weighted by molar-refractivity contribution is 7.90. The quantitative estimate of drug-likeness (QED) is 0.477. The van der Waals surface area contributed by atoms with E-state index in [1.54, 1.807) is 30.6 Å². The third-order valence-corrected chi connectivity index (χ3v) is 7.02. The maximum atomic E-state index is 13.5. The summed E-state index contributed by atoms with van der Waals surface area (Å²) >= 11 is 0. The second kappa shape index (κ2) is 8.37. The Bertz CT molecular complexity index is 1400. The maximum absolute atomic E-state index is 13.5. The molecule has 5 rings (SSSR count). The van der Waals surface area contributed by atoms with Crippen LogP contribution in [0.1, 0.15) is 12.0 Å². The molecule has 0 aliphatic carbocycles. The Balaban J connectivity index is 0.000000730. The molecule has 3 aromatic heterocycles. The molecule has 4 aromatic rings. The van der Waals surface area contributed by atoms with Gasteiger partial charge in [0.2, 0.25) is 0 Å². The third-order valence-electron chi connectivity index (χ3n) is 5.35. The molecular formula is C22H22N4O4S. The van der Waals surface area contributed by atoms with Gasteiger partial charge in [0.1, 0.15) is 0 Å². The largest absolute Gasteiger partial charge is 0.483 e. The van der Waals surface area contributed by atoms with Crippen molar-refractivity contribution in [2.45, 2.75) is 11.3 Å². The molecular weight excluding hydrogens is 416 g/mol. The topological polar surface area (TPSA) is 106 Å². The summed E-state index contributed by atoms with van der Waals surface area (Å²) < 4.78 is 30.3. The number of pyridine rings is 1. The minimum atomic E-state index is -3.74. The number of aromatic nitrogens is 3. The number of nitrogens with zero attached hydrogens (tertiary/aromatic N) is 3. The van der Waals surface area contributed by atoms with Crippen LogP contribution in [0.3, 0.4) is 0 Å². The molecule has 0 radical (unpaired) electrons. The van der Waals surface area contributed by atoms with Gasteiger partial charge in [-0.2, -0.15) is 0 Å². The Morgan fingerprint density at radius 2 is 2.00 bits per heavy atom. The molecule has 0 fully saturated rings. The highest BCUT2D eigenvalue weighted by Gasteiger charge is 2.24. The molecule has 1 aliphatic rings. The van der Waals surface area contributed by atoms with E-state index in [9.17, 15) is 8.42 Å². The fourth-order valence-electron chi connectivity index (χ4n) is 3.86. The van der Waals surface area contributed by atoms with Crippen LogP contribution in [0.15, 0.2) is 66.0 Å². The first-order valence-corrected chi connectivity index (χ1v) is 11.2. The van der Waals surface area contributed by atoms with Crippen LogP contribution in [0.5, 0.6) is 0 Å². The van der Waals surface area contributed by atoms with Gasteiger partial charge in [-0.25, -0.2) is 12.4 Å². The molecule has 0 atom stereocenters. The summed E-state index contributed by atoms with van der Waals surface area (Å²) in [4.78, 5) is 13.1. The van der Waals surface area contributed by atoms with Crippen molar-refractivity contribution in [2.75, 3.05) is 13.1 Å². The Labute approximate surface area is 179 Å². The molecule has 31 heavy (non-hydrogen) atoms. The van der Waals surface area contributed by atoms with Crippen LogP contribution < -0.4 is 5.32 Å². The van der Waals surface area contributed by atoms with E-state index >= 15 is 0 Å². The van der Waals surface area contributed by atoms with E-state index in [4.69, 9.17) is 9.90 Å². The Hall–Kier alpha value is -3.43. The van der Waals surface area contributed by atoms with Crippen LogP contribution in [-0.4, -0.2) is 46.6 Å². The van der Waals surface area contributed by atoms with Gasteiger partial charge in [0.25, 0.3) is 16.5 Å². The highest BCUT2D eigenvalue weighted by atomic mass is 32.2. The molecule has 0 unspecified atom stereocenters. The number of nitrogens with one attached hydrogen (secondary N) is 1. The number of hydrogen-bond acceptors (Lipinski definition) is 5. The maximum Gasteiger partial charge on any atom is 0.290 e. The van der Waals surface area contributed by atoms with Gasteiger partial charge >= 0.3 is 0 Å². The number of hydrogen-bond donors (Lipinski definition) is 2. The number of benzene rings is 1. The van der Waals surface area contributed by atoms with Crippen molar-refractivity contribution in [3.63, 3.8) is 0 Å². The fraction of sp³-hybridized carbons (Fsp3) is 0.182. The minimum absolute atomic E-state index is 0.250. The lowest BCUT2D eigenvalue weighted by Crippen LogP contribution is -2.20. The summed E-state index contributed by atoms with van der Waals surface area (Å²) in [7, 11) is -1.80. The third kappa shape index (κ3) is 3.73. The Morgan fingerprint density at radius 1 is 1.19 bits per heavy atom. The van der Waals surface area contributed by atoms with E-state index in [1.165, 1.54) is 3.97 Å². The SMILES string of the molecule is Cn1ccc2cc(S(=O)(=O)n3cc(C4=CCNCC4)c4ncccc43)ccc21.O=CO. The summed E-state index contributed by atoms with van der Waals surface area (Å²) in [5.41, 5.74) is 4.35. The standard InChI is InChI=1S/C21H20N4O2S.CH2O2/c1-24-12-8-16-13-17(4-5-19(16)24)28(26,27)25-14-18(15-6-10-22-11-7-15)21-20(25)3-2-9-23-21;2-1-3/h2-6,8-9,12-14,22H,7,10-11H2,1H3;1H,(H,2,3). The first-order valence-electron chi connectivity index (χ1n) is 9.72. The van der Waals surface area contributed by atoms with Crippen LogP contribution in [0, 0.1) is 0 Å². The van der Waals surface area contributed by atoms with E-state index in [0.717, 1.165) is 47.1 Å². The monoisotopic (exact) mass is 438 g/mol. The number of carboxylic acid groups (broad SMARTS) is 1. The molecule has 8 nitrogen and oxygen atoms in total. The molecule has 1 aromatic carbocycles. The van der Waals surface area contributed by atoms with Gasteiger partial charge in [-0.15, -0.1) is 0 Å². The molecule has 0 saturated heterocycles. The van der Waals surface area contributed by atoms with E-state index in [-0.39, 0.29) is 11.4 Å². The van der Waals surface area contributed by atoms with Crippen molar-refractivity contribution in [1.82, 2.24) is 18.8 Å². The van der Waals surface area contributed by atoms with Gasteiger partial charge in [-0.05, 0) is 54.9 Å². The summed E-state index contributed by atoms with van der Waals surface area (Å²) in [6.45, 7) is 1.41. The number of fused-ring (bicyclic) bond motifs is 2. The van der Waals surface area contributed by atoms with Crippen LogP contribution in [0.2, 0.25) is 0 Å². The second-order valence-corrected chi connectivity index (χ2v) is 8.97. The number of carbonyl (C=O) groups is 1. The molecule has 1 aliphatic heterocycles. The molecule has 160 valence electrons. The minimum Gasteiger partial charge on any atom is -0.483 e. The molecule has 0 bridgehead atoms. The highest BCUT2D eigenvalue weighted by Crippen LogP contribution is 2.31. The van der Waals surface area contributed by atoms with Gasteiger partial charge in [0.05, 0.1) is 15.9 Å². The van der Waals surface area contributed by atoms with Crippen molar-refractivity contribution in [2.24, 2.45) is 7.05 Å². The lowest BCUT2D eigenvalue weighted by atomic mass is 10.0. The Kier molecular flexibility index (Phi) is 5.62. The first-order chi connectivity index (χ1) is 15.0. The van der Waals surface area contributed by atoms with Gasteiger partial charge < -0.3 is 15.0 Å². The second-order valence-electron chi connectivity index (χ2n) is 7.15. The van der Waals surface area contributed by atoms with Gasteiger partial charge in [-0.1, -0.05) is 6.08 Å². The molecule has 0 saturated carbocycles. The zero-order chi connectivity index (χ0) is 22.0. The van der Waals surface area contributed by atoms with Gasteiger partial charge in [0, 0.05) is 48.6 Å². The molecule has 2 N–H and O–H groups in total. The van der Waals surface area contributed by atoms with Crippen LogP contribution >= 0.6 is 0 Å². The van der Waals surface area contributed by atoms with Gasteiger partial charge in [0.15, 0.2) is 0 Å². The van der Waals surface area contributed by atoms with E-state index in [0.29, 0.717) is 5.52 Å². The Morgan fingerprint density at radius 3 is 2.74 bits per heavy atom. The van der Waals surface area contributed by atoms with Crippen molar-refractivity contribution in [3.8, 4) is 0 Å². The van der Waals surface area contributed by atoms with E-state index in [2.05, 4.69) is 16.4 Å².